The third-order valence-corrected chi connectivity index (χ3v) is 6.23. The summed E-state index contributed by atoms with van der Waals surface area (Å²) in [5.41, 5.74) is 0.788. The number of nitrogens with one attached hydrogen (secondary N) is 2. The van der Waals surface area contributed by atoms with E-state index < -0.39 is 23.6 Å². The van der Waals surface area contributed by atoms with Crippen LogP contribution in [0.3, 0.4) is 0 Å². The molecule has 166 valence electrons. The first-order valence-electron chi connectivity index (χ1n) is 9.29. The highest BCUT2D eigenvalue weighted by molar-refractivity contribution is 14.0. The van der Waals surface area contributed by atoms with E-state index in [0.717, 1.165) is 31.2 Å². The molecule has 6 nitrogen and oxygen atoms in total. The molecule has 2 N–H and O–H groups in total. The van der Waals surface area contributed by atoms with Crippen LogP contribution in [-0.2, 0) is 17.3 Å². The Hall–Kier alpha value is -1.11. The van der Waals surface area contributed by atoms with Crippen molar-refractivity contribution in [2.75, 3.05) is 19.4 Å². The van der Waals surface area contributed by atoms with Gasteiger partial charge in [-0.1, -0.05) is 19.4 Å². The summed E-state index contributed by atoms with van der Waals surface area (Å²) in [5.74, 6) is 1.24. The van der Waals surface area contributed by atoms with E-state index in [1.54, 1.807) is 13.1 Å². The summed E-state index contributed by atoms with van der Waals surface area (Å²) in [4.78, 5) is 8.09. The average Bonchev–Trinajstić information content (AvgIpc) is 2.69. The molecular weight excluding hydrogens is 520 g/mol. The first kappa shape index (κ1) is 25.9. The molecule has 3 unspecified atom stereocenters. The summed E-state index contributed by atoms with van der Waals surface area (Å²) >= 11 is 0. The minimum atomic E-state index is -4.39. The van der Waals surface area contributed by atoms with Crippen molar-refractivity contribution in [1.82, 2.24) is 15.6 Å². The fourth-order valence-corrected chi connectivity index (χ4v) is 4.43. The van der Waals surface area contributed by atoms with Gasteiger partial charge in [-0.05, 0) is 24.8 Å². The summed E-state index contributed by atoms with van der Waals surface area (Å²) in [6, 6.07) is 3.28. The van der Waals surface area contributed by atoms with Crippen molar-refractivity contribution in [3.63, 3.8) is 0 Å². The van der Waals surface area contributed by atoms with Crippen LogP contribution in [0.4, 0.5) is 13.2 Å². The molecule has 0 bridgehead atoms. The molecule has 11 heteroatoms. The van der Waals surface area contributed by atoms with Crippen molar-refractivity contribution in [2.45, 2.75) is 56.6 Å². The SMILES string of the molecule is CCS(=O)C1CCCC(NC(=NC)NCc2ccc(OCC(F)(F)F)nc2)C1.I. The maximum absolute atomic E-state index is 12.2. The van der Waals surface area contributed by atoms with E-state index >= 15 is 0 Å². The van der Waals surface area contributed by atoms with Gasteiger partial charge in [0, 0.05) is 53.7 Å². The van der Waals surface area contributed by atoms with Gasteiger partial charge in [0.05, 0.1) is 0 Å². The molecule has 0 saturated heterocycles. The van der Waals surface area contributed by atoms with E-state index in [-0.39, 0.29) is 41.1 Å². The van der Waals surface area contributed by atoms with Crippen molar-refractivity contribution in [3.05, 3.63) is 23.9 Å². The molecule has 1 aromatic heterocycles. The second kappa shape index (κ2) is 12.6. The van der Waals surface area contributed by atoms with Gasteiger partial charge in [0.15, 0.2) is 12.6 Å². The van der Waals surface area contributed by atoms with Crippen LogP contribution in [0.15, 0.2) is 23.3 Å². The minimum absolute atomic E-state index is 0. The Morgan fingerprint density at radius 2 is 2.14 bits per heavy atom. The third-order valence-electron chi connectivity index (χ3n) is 4.49. The van der Waals surface area contributed by atoms with Crippen LogP contribution in [0.5, 0.6) is 5.88 Å². The van der Waals surface area contributed by atoms with Gasteiger partial charge in [0.1, 0.15) is 0 Å². The maximum atomic E-state index is 12.2. The van der Waals surface area contributed by atoms with Gasteiger partial charge in [-0.3, -0.25) is 9.20 Å². The lowest BCUT2D eigenvalue weighted by molar-refractivity contribution is -0.154. The molecule has 0 amide bonds. The van der Waals surface area contributed by atoms with Crippen molar-refractivity contribution >= 4 is 40.7 Å². The normalized spacial score (nSPS) is 21.1. The Morgan fingerprint density at radius 1 is 1.38 bits per heavy atom. The first-order chi connectivity index (χ1) is 13.3. The Balaban J connectivity index is 0.00000420. The Labute approximate surface area is 189 Å². The van der Waals surface area contributed by atoms with E-state index in [0.29, 0.717) is 18.3 Å². The summed E-state index contributed by atoms with van der Waals surface area (Å²) in [6.45, 7) is 1.00. The Morgan fingerprint density at radius 3 is 2.72 bits per heavy atom. The van der Waals surface area contributed by atoms with E-state index in [9.17, 15) is 17.4 Å². The molecule has 0 radical (unpaired) electrons. The summed E-state index contributed by atoms with van der Waals surface area (Å²) < 4.78 is 53.1. The van der Waals surface area contributed by atoms with Crippen LogP contribution >= 0.6 is 24.0 Å². The summed E-state index contributed by atoms with van der Waals surface area (Å²) in [7, 11) is 0.888. The number of nitrogens with zero attached hydrogens (tertiary/aromatic N) is 2. The molecule has 3 atom stereocenters. The number of hydrogen-bond donors (Lipinski definition) is 2. The molecule has 1 fully saturated rings. The van der Waals surface area contributed by atoms with Crippen LogP contribution < -0.4 is 15.4 Å². The van der Waals surface area contributed by atoms with Crippen molar-refractivity contribution in [2.24, 2.45) is 4.99 Å². The van der Waals surface area contributed by atoms with Crippen LogP contribution in [0.25, 0.3) is 0 Å². The van der Waals surface area contributed by atoms with E-state index in [4.69, 9.17) is 0 Å². The van der Waals surface area contributed by atoms with Crippen LogP contribution in [0, 0.1) is 0 Å². The first-order valence-corrected chi connectivity index (χ1v) is 10.7. The number of rotatable bonds is 7. The highest BCUT2D eigenvalue weighted by atomic mass is 127. The lowest BCUT2D eigenvalue weighted by atomic mass is 9.95. The van der Waals surface area contributed by atoms with Gasteiger partial charge in [-0.2, -0.15) is 13.2 Å². The van der Waals surface area contributed by atoms with Gasteiger partial charge >= 0.3 is 6.18 Å². The number of ether oxygens (including phenoxy) is 1. The van der Waals surface area contributed by atoms with Gasteiger partial charge < -0.3 is 15.4 Å². The van der Waals surface area contributed by atoms with E-state index in [1.807, 2.05) is 6.92 Å². The zero-order valence-electron chi connectivity index (χ0n) is 16.5. The number of guanidine groups is 1. The highest BCUT2D eigenvalue weighted by Crippen LogP contribution is 2.23. The van der Waals surface area contributed by atoms with Crippen molar-refractivity contribution in [3.8, 4) is 5.88 Å². The van der Waals surface area contributed by atoms with Gasteiger partial charge in [-0.25, -0.2) is 4.98 Å². The number of pyridine rings is 1. The third kappa shape index (κ3) is 9.49. The second-order valence-electron chi connectivity index (χ2n) is 6.63. The summed E-state index contributed by atoms with van der Waals surface area (Å²) in [5, 5.41) is 6.76. The van der Waals surface area contributed by atoms with Crippen LogP contribution in [0.1, 0.15) is 38.2 Å². The molecule has 1 aromatic rings. The molecule has 0 aliphatic heterocycles. The lowest BCUT2D eigenvalue weighted by Crippen LogP contribution is -2.46. The zero-order valence-corrected chi connectivity index (χ0v) is 19.6. The zero-order chi connectivity index (χ0) is 20.6. The van der Waals surface area contributed by atoms with E-state index in [2.05, 4.69) is 25.3 Å². The molecular formula is C18H28F3IN4O2S. The predicted octanol–water partition coefficient (Wildman–Crippen LogP) is 3.39. The smallest absolute Gasteiger partial charge is 0.422 e. The standard InChI is InChI=1S/C18H27F3N4O2S.HI/c1-3-28(26)15-6-4-5-14(9-15)25-17(22-2)24-11-13-7-8-16(23-10-13)27-12-18(19,20)21;/h7-8,10,14-15H,3-6,9,11-12H2,1-2H3,(H2,22,24,25);1H. The van der Waals surface area contributed by atoms with Crippen LogP contribution in [-0.4, -0.2) is 52.0 Å². The number of aromatic nitrogens is 1. The lowest BCUT2D eigenvalue weighted by Gasteiger charge is -2.30. The molecule has 0 aromatic carbocycles. The monoisotopic (exact) mass is 548 g/mol. The summed E-state index contributed by atoms with van der Waals surface area (Å²) in [6.07, 6.45) is 0.973. The molecule has 1 aliphatic rings. The number of halogens is 4. The van der Waals surface area contributed by atoms with Gasteiger partial charge in [0.2, 0.25) is 5.88 Å². The molecule has 0 spiro atoms. The maximum Gasteiger partial charge on any atom is 0.422 e. The average molecular weight is 548 g/mol. The fourth-order valence-electron chi connectivity index (χ4n) is 3.08. The Bertz CT molecular complexity index is 674. The minimum Gasteiger partial charge on any atom is -0.468 e. The number of hydrogen-bond acceptors (Lipinski definition) is 4. The van der Waals surface area contributed by atoms with Crippen molar-refractivity contribution in [1.29, 1.82) is 0 Å². The fraction of sp³-hybridized carbons (Fsp3) is 0.667. The number of alkyl halides is 3. The van der Waals surface area contributed by atoms with Crippen LogP contribution in [0.2, 0.25) is 0 Å². The quantitative estimate of drug-likeness (QED) is 0.311. The van der Waals surface area contributed by atoms with Crippen molar-refractivity contribution < 1.29 is 22.1 Å². The largest absolute Gasteiger partial charge is 0.468 e. The second-order valence-corrected chi connectivity index (χ2v) is 8.64. The molecule has 1 saturated carbocycles. The van der Waals surface area contributed by atoms with E-state index in [1.165, 1.54) is 12.3 Å². The Kier molecular flexibility index (Phi) is 11.2. The molecule has 1 aliphatic carbocycles. The molecule has 2 rings (SSSR count). The predicted molar refractivity (Wildman–Crippen MR) is 119 cm³/mol. The topological polar surface area (TPSA) is 75.6 Å². The van der Waals surface area contributed by atoms with Gasteiger partial charge in [0.25, 0.3) is 0 Å². The highest BCUT2D eigenvalue weighted by Gasteiger charge is 2.28. The molecule has 29 heavy (non-hydrogen) atoms. The number of aliphatic imine (C=N–C) groups is 1. The van der Waals surface area contributed by atoms with Gasteiger partial charge in [-0.15, -0.1) is 24.0 Å². The molecule has 1 heterocycles.